The lowest BCUT2D eigenvalue weighted by Crippen LogP contribution is -2.48. The lowest BCUT2D eigenvalue weighted by Gasteiger charge is -2.42. The van der Waals surface area contributed by atoms with Crippen molar-refractivity contribution in [3.05, 3.63) is 35.0 Å². The summed E-state index contributed by atoms with van der Waals surface area (Å²) < 4.78 is 6.67. The van der Waals surface area contributed by atoms with Crippen LogP contribution in [0.1, 0.15) is 56.9 Å². The summed E-state index contributed by atoms with van der Waals surface area (Å²) in [5.74, 6) is 0.894. The first-order chi connectivity index (χ1) is 10.7. The van der Waals surface area contributed by atoms with Crippen LogP contribution in [0.3, 0.4) is 0 Å². The zero-order chi connectivity index (χ0) is 15.2. The summed E-state index contributed by atoms with van der Waals surface area (Å²) >= 11 is 0. The van der Waals surface area contributed by atoms with Gasteiger partial charge in [-0.25, -0.2) is 4.74 Å². The minimum Gasteiger partial charge on any atom is -0.624 e. The average molecular weight is 299 g/mol. The number of hydrogen-bond acceptors (Lipinski definition) is 2. The van der Waals surface area contributed by atoms with Gasteiger partial charge in [-0.2, -0.15) is 0 Å². The van der Waals surface area contributed by atoms with Gasteiger partial charge in [0.2, 0.25) is 0 Å². The minimum atomic E-state index is -0.00336. The minimum absolute atomic E-state index is 0.00336. The van der Waals surface area contributed by atoms with Gasteiger partial charge in [-0.15, -0.1) is 0 Å². The first-order valence-corrected chi connectivity index (χ1v) is 8.67. The zero-order valence-corrected chi connectivity index (χ0v) is 13.4. The second kappa shape index (κ2) is 5.00. The Morgan fingerprint density at radius 2 is 1.64 bits per heavy atom. The summed E-state index contributed by atoms with van der Waals surface area (Å²) in [7, 11) is 1.70. The van der Waals surface area contributed by atoms with E-state index in [1.165, 1.54) is 54.5 Å². The maximum Gasteiger partial charge on any atom is 0.180 e. The van der Waals surface area contributed by atoms with E-state index in [-0.39, 0.29) is 10.8 Å². The van der Waals surface area contributed by atoms with Gasteiger partial charge >= 0.3 is 0 Å². The number of nitrogens with zero attached hydrogens (tertiary/aromatic N) is 1. The van der Waals surface area contributed by atoms with Gasteiger partial charge in [-0.1, -0.05) is 31.4 Å². The molecule has 0 saturated heterocycles. The van der Waals surface area contributed by atoms with Crippen molar-refractivity contribution in [2.24, 2.45) is 5.41 Å². The number of rotatable bonds is 2. The number of fused-ring (bicyclic) bond motifs is 2. The average Bonchev–Trinajstić information content (AvgIpc) is 3.15. The number of methoxy groups -OCH3 is 1. The predicted molar refractivity (Wildman–Crippen MR) is 87.5 cm³/mol. The van der Waals surface area contributed by atoms with Crippen LogP contribution in [-0.2, 0) is 5.41 Å². The van der Waals surface area contributed by atoms with Crippen LogP contribution in [0.4, 0.5) is 0 Å². The molecule has 3 heteroatoms. The summed E-state index contributed by atoms with van der Waals surface area (Å²) in [6.07, 6.45) is 9.61. The normalized spacial score (nSPS) is 29.9. The van der Waals surface area contributed by atoms with Gasteiger partial charge in [0, 0.05) is 6.42 Å². The molecule has 3 nitrogen and oxygen atoms in total. The quantitative estimate of drug-likeness (QED) is 0.610. The van der Waals surface area contributed by atoms with E-state index in [9.17, 15) is 5.21 Å². The molecule has 2 fully saturated rings. The standard InChI is InChI=1S/C19H25NO2/c1-22-16-7-5-15(6-8-16)19-12-4-11-18(9-2-3-10-18)17(19)20(21)14-13-19/h5-8H,2-4,9-14H2,1H3. The number of ether oxygens (including phenoxy) is 1. The Kier molecular flexibility index (Phi) is 3.21. The highest BCUT2D eigenvalue weighted by molar-refractivity contribution is 5.97. The van der Waals surface area contributed by atoms with Crippen LogP contribution in [0.15, 0.2) is 24.3 Å². The molecule has 2 aliphatic carbocycles. The van der Waals surface area contributed by atoms with Crippen molar-refractivity contribution in [1.82, 2.24) is 0 Å². The van der Waals surface area contributed by atoms with E-state index in [2.05, 4.69) is 12.1 Å². The van der Waals surface area contributed by atoms with Crippen LogP contribution in [0.5, 0.6) is 5.75 Å². The fraction of sp³-hybridized carbons (Fsp3) is 0.632. The lowest BCUT2D eigenvalue weighted by molar-refractivity contribution is -0.452. The third kappa shape index (κ3) is 1.84. The fourth-order valence-corrected chi connectivity index (χ4v) is 5.50. The first-order valence-electron chi connectivity index (χ1n) is 8.67. The molecule has 0 radical (unpaired) electrons. The van der Waals surface area contributed by atoms with Crippen molar-refractivity contribution in [2.45, 2.75) is 56.8 Å². The highest BCUT2D eigenvalue weighted by atomic mass is 16.5. The van der Waals surface area contributed by atoms with Gasteiger partial charge < -0.3 is 9.94 Å². The maximum absolute atomic E-state index is 12.7. The molecule has 1 aromatic rings. The molecule has 1 spiro atoms. The summed E-state index contributed by atoms with van der Waals surface area (Å²) in [6, 6.07) is 8.47. The van der Waals surface area contributed by atoms with Crippen molar-refractivity contribution < 1.29 is 9.48 Å². The topological polar surface area (TPSA) is 35.3 Å². The van der Waals surface area contributed by atoms with E-state index in [1.807, 2.05) is 12.1 Å². The van der Waals surface area contributed by atoms with Gasteiger partial charge in [0.05, 0.1) is 17.9 Å². The van der Waals surface area contributed by atoms with Crippen LogP contribution in [0, 0.1) is 10.6 Å². The Morgan fingerprint density at radius 3 is 2.32 bits per heavy atom. The van der Waals surface area contributed by atoms with Gasteiger partial charge in [0.25, 0.3) is 0 Å². The molecule has 1 heterocycles. The molecule has 118 valence electrons. The van der Waals surface area contributed by atoms with Crippen molar-refractivity contribution in [2.75, 3.05) is 13.7 Å². The van der Waals surface area contributed by atoms with E-state index in [1.54, 1.807) is 7.11 Å². The molecule has 3 aliphatic rings. The Labute approximate surface area is 132 Å². The number of hydroxylamine groups is 1. The van der Waals surface area contributed by atoms with Crippen molar-refractivity contribution >= 4 is 5.71 Å². The summed E-state index contributed by atoms with van der Waals surface area (Å²) in [4.78, 5) is 0. The predicted octanol–water partition coefficient (Wildman–Crippen LogP) is 4.03. The molecule has 22 heavy (non-hydrogen) atoms. The molecule has 0 aromatic heterocycles. The van der Waals surface area contributed by atoms with Gasteiger partial charge in [0.1, 0.15) is 5.75 Å². The maximum atomic E-state index is 12.7. The molecule has 0 amide bonds. The highest BCUT2D eigenvalue weighted by Crippen LogP contribution is 2.56. The molecular formula is C19H25NO2. The SMILES string of the molecule is COc1ccc(C23CCCC4(CCCC4)C2=[N+]([O-])CC3)cc1. The molecule has 0 N–H and O–H groups in total. The van der Waals surface area contributed by atoms with Crippen LogP contribution in [-0.4, -0.2) is 24.1 Å². The Morgan fingerprint density at radius 1 is 0.955 bits per heavy atom. The van der Waals surface area contributed by atoms with Crippen LogP contribution in [0.2, 0.25) is 0 Å². The van der Waals surface area contributed by atoms with Crippen molar-refractivity contribution in [1.29, 1.82) is 0 Å². The highest BCUT2D eigenvalue weighted by Gasteiger charge is 2.59. The molecule has 2 saturated carbocycles. The Balaban J connectivity index is 1.81. The second-order valence-electron chi connectivity index (χ2n) is 7.35. The third-order valence-corrected chi connectivity index (χ3v) is 6.41. The monoisotopic (exact) mass is 299 g/mol. The van der Waals surface area contributed by atoms with E-state index in [4.69, 9.17) is 4.74 Å². The molecule has 1 aliphatic heterocycles. The van der Waals surface area contributed by atoms with E-state index >= 15 is 0 Å². The molecule has 0 bridgehead atoms. The lowest BCUT2D eigenvalue weighted by atomic mass is 9.57. The first kappa shape index (κ1) is 14.1. The number of hydrogen-bond donors (Lipinski definition) is 0. The van der Waals surface area contributed by atoms with Crippen LogP contribution >= 0.6 is 0 Å². The van der Waals surface area contributed by atoms with Crippen LogP contribution < -0.4 is 4.74 Å². The zero-order valence-electron chi connectivity index (χ0n) is 13.4. The van der Waals surface area contributed by atoms with E-state index < -0.39 is 0 Å². The van der Waals surface area contributed by atoms with E-state index in [0.717, 1.165) is 18.6 Å². The molecule has 1 atom stereocenters. The van der Waals surface area contributed by atoms with E-state index in [0.29, 0.717) is 6.54 Å². The molecule has 1 aromatic carbocycles. The van der Waals surface area contributed by atoms with Gasteiger partial charge in [-0.3, -0.25) is 0 Å². The summed E-state index contributed by atoms with van der Waals surface area (Å²) in [5, 5.41) is 12.7. The Bertz CT molecular complexity index is 598. The van der Waals surface area contributed by atoms with Crippen molar-refractivity contribution in [3.8, 4) is 5.75 Å². The van der Waals surface area contributed by atoms with Gasteiger partial charge in [-0.05, 0) is 43.4 Å². The molecule has 1 unspecified atom stereocenters. The summed E-state index contributed by atoms with van der Waals surface area (Å²) in [6.45, 7) is 0.670. The largest absolute Gasteiger partial charge is 0.624 e. The number of benzene rings is 1. The van der Waals surface area contributed by atoms with Gasteiger partial charge in [0.15, 0.2) is 12.3 Å². The Hall–Kier alpha value is -1.51. The summed E-state index contributed by atoms with van der Waals surface area (Å²) in [5.41, 5.74) is 2.76. The second-order valence-corrected chi connectivity index (χ2v) is 7.35. The smallest absolute Gasteiger partial charge is 0.180 e. The fourth-order valence-electron chi connectivity index (χ4n) is 5.50. The third-order valence-electron chi connectivity index (χ3n) is 6.41. The van der Waals surface area contributed by atoms with Crippen LogP contribution in [0.25, 0.3) is 0 Å². The van der Waals surface area contributed by atoms with Crippen molar-refractivity contribution in [3.63, 3.8) is 0 Å². The molecular weight excluding hydrogens is 274 g/mol. The molecule has 4 rings (SSSR count).